The van der Waals surface area contributed by atoms with Crippen LogP contribution in [0.15, 0.2) is 28.0 Å². The lowest BCUT2D eigenvalue weighted by atomic mass is 9.88. The van der Waals surface area contributed by atoms with Gasteiger partial charge in [0.15, 0.2) is 10.7 Å². The summed E-state index contributed by atoms with van der Waals surface area (Å²) in [5.74, 6) is -0.00737. The molecule has 5 nitrogen and oxygen atoms in total. The minimum absolute atomic E-state index is 0.00737. The maximum atomic E-state index is 10.6. The van der Waals surface area contributed by atoms with Crippen molar-refractivity contribution in [2.45, 2.75) is 42.9 Å². The number of benzene rings is 1. The van der Waals surface area contributed by atoms with Gasteiger partial charge in [-0.25, -0.2) is 9.97 Å². The van der Waals surface area contributed by atoms with Crippen LogP contribution in [0.3, 0.4) is 0 Å². The van der Waals surface area contributed by atoms with E-state index in [0.29, 0.717) is 0 Å². The topological polar surface area (TPSA) is 72.0 Å². The molecular formula is C16H17N3O2S. The molecule has 4 rings (SSSR count). The molecule has 1 fully saturated rings. The Bertz CT molecular complexity index is 859. The van der Waals surface area contributed by atoms with Crippen LogP contribution < -0.4 is 0 Å². The molecule has 6 heteroatoms. The summed E-state index contributed by atoms with van der Waals surface area (Å²) in [6.07, 6.45) is 6.50. The van der Waals surface area contributed by atoms with Crippen LogP contribution in [0.1, 0.15) is 37.8 Å². The van der Waals surface area contributed by atoms with Crippen molar-refractivity contribution in [3.05, 3.63) is 24.0 Å². The lowest BCUT2D eigenvalue weighted by molar-refractivity contribution is 0.0479. The molecule has 2 heterocycles. The molecule has 1 aromatic carbocycles. The molecule has 1 saturated carbocycles. The zero-order valence-electron chi connectivity index (χ0n) is 12.5. The van der Waals surface area contributed by atoms with Crippen LogP contribution in [0.4, 0.5) is 0 Å². The first-order chi connectivity index (χ1) is 10.6. The highest BCUT2D eigenvalue weighted by Crippen LogP contribution is 2.45. The van der Waals surface area contributed by atoms with E-state index >= 15 is 0 Å². The lowest BCUT2D eigenvalue weighted by Crippen LogP contribution is -2.27. The second-order valence-electron chi connectivity index (χ2n) is 6.10. The Morgan fingerprint density at radius 3 is 3.00 bits per heavy atom. The molecule has 0 radical (unpaired) electrons. The fraction of sp³-hybridized carbons (Fsp3) is 0.438. The van der Waals surface area contributed by atoms with Gasteiger partial charge in [-0.3, -0.25) is 0 Å². The van der Waals surface area contributed by atoms with E-state index in [0.717, 1.165) is 52.0 Å². The number of nitrogens with zero attached hydrogens (tertiary/aromatic N) is 3. The Morgan fingerprint density at radius 2 is 2.27 bits per heavy atom. The normalized spacial score (nSPS) is 25.3. The third-order valence-electron chi connectivity index (χ3n) is 4.63. The third-order valence-corrected chi connectivity index (χ3v) is 5.19. The SMILES string of the molecule is CSc1ncc2ccc3onc([C@@H]4CCC[C@@]4(C)O)c3c2n1. The monoisotopic (exact) mass is 315 g/mol. The van der Waals surface area contributed by atoms with Crippen molar-refractivity contribution in [2.24, 2.45) is 0 Å². The van der Waals surface area contributed by atoms with Crippen molar-refractivity contribution in [3.8, 4) is 0 Å². The molecule has 1 aliphatic rings. The highest BCUT2D eigenvalue weighted by Gasteiger charge is 2.40. The van der Waals surface area contributed by atoms with Crippen LogP contribution in [0.5, 0.6) is 0 Å². The largest absolute Gasteiger partial charge is 0.389 e. The molecule has 114 valence electrons. The number of fused-ring (bicyclic) bond motifs is 3. The van der Waals surface area contributed by atoms with Crippen molar-refractivity contribution < 1.29 is 9.63 Å². The Balaban J connectivity index is 2.01. The van der Waals surface area contributed by atoms with Crippen LogP contribution >= 0.6 is 11.8 Å². The first-order valence-corrected chi connectivity index (χ1v) is 8.64. The van der Waals surface area contributed by atoms with Gasteiger partial charge in [-0.05, 0) is 44.6 Å². The average Bonchev–Trinajstić information content (AvgIpc) is 3.09. The summed E-state index contributed by atoms with van der Waals surface area (Å²) in [6, 6.07) is 3.85. The molecule has 3 aromatic rings. The summed E-state index contributed by atoms with van der Waals surface area (Å²) in [4.78, 5) is 8.97. The predicted octanol–water partition coefficient (Wildman–Crippen LogP) is 3.51. The Kier molecular flexibility index (Phi) is 3.13. The van der Waals surface area contributed by atoms with Gasteiger partial charge in [0.25, 0.3) is 0 Å². The summed E-state index contributed by atoms with van der Waals surface area (Å²) in [7, 11) is 0. The Morgan fingerprint density at radius 1 is 1.41 bits per heavy atom. The predicted molar refractivity (Wildman–Crippen MR) is 86.1 cm³/mol. The average molecular weight is 315 g/mol. The molecule has 2 atom stereocenters. The third kappa shape index (κ3) is 2.01. The number of aromatic nitrogens is 3. The number of thioether (sulfide) groups is 1. The van der Waals surface area contributed by atoms with E-state index in [1.807, 2.05) is 31.5 Å². The maximum Gasteiger partial charge on any atom is 0.187 e. The quantitative estimate of drug-likeness (QED) is 0.576. The van der Waals surface area contributed by atoms with Gasteiger partial charge in [0.1, 0.15) is 0 Å². The number of aliphatic hydroxyl groups is 1. The van der Waals surface area contributed by atoms with Gasteiger partial charge < -0.3 is 9.63 Å². The fourth-order valence-electron chi connectivity index (χ4n) is 3.45. The Hall–Kier alpha value is -1.66. The molecule has 0 unspecified atom stereocenters. The number of hydrogen-bond donors (Lipinski definition) is 1. The molecule has 2 aromatic heterocycles. The van der Waals surface area contributed by atoms with E-state index in [9.17, 15) is 5.11 Å². The zero-order valence-corrected chi connectivity index (χ0v) is 13.4. The molecular weight excluding hydrogens is 298 g/mol. The van der Waals surface area contributed by atoms with Gasteiger partial charge in [0.2, 0.25) is 0 Å². The van der Waals surface area contributed by atoms with E-state index in [-0.39, 0.29) is 5.92 Å². The summed E-state index contributed by atoms with van der Waals surface area (Å²) >= 11 is 1.51. The fourth-order valence-corrected chi connectivity index (χ4v) is 3.79. The van der Waals surface area contributed by atoms with Gasteiger partial charge in [0.05, 0.1) is 22.2 Å². The van der Waals surface area contributed by atoms with Gasteiger partial charge >= 0.3 is 0 Å². The molecule has 1 N–H and O–H groups in total. The number of rotatable bonds is 2. The highest BCUT2D eigenvalue weighted by molar-refractivity contribution is 7.98. The second kappa shape index (κ2) is 4.93. The molecule has 0 spiro atoms. The van der Waals surface area contributed by atoms with Crippen molar-refractivity contribution in [3.63, 3.8) is 0 Å². The number of hydrogen-bond acceptors (Lipinski definition) is 6. The first-order valence-electron chi connectivity index (χ1n) is 7.41. The van der Waals surface area contributed by atoms with Gasteiger partial charge in [-0.2, -0.15) is 0 Å². The minimum atomic E-state index is -0.735. The minimum Gasteiger partial charge on any atom is -0.389 e. The summed E-state index contributed by atoms with van der Waals surface area (Å²) in [5.41, 5.74) is 1.67. The molecule has 0 amide bonds. The summed E-state index contributed by atoms with van der Waals surface area (Å²) in [5, 5.41) is 17.5. The molecule has 0 aliphatic heterocycles. The van der Waals surface area contributed by atoms with Crippen molar-refractivity contribution in [1.82, 2.24) is 15.1 Å². The van der Waals surface area contributed by atoms with E-state index in [1.54, 1.807) is 0 Å². The smallest absolute Gasteiger partial charge is 0.187 e. The van der Waals surface area contributed by atoms with E-state index < -0.39 is 5.60 Å². The molecule has 22 heavy (non-hydrogen) atoms. The summed E-state index contributed by atoms with van der Waals surface area (Å²) < 4.78 is 5.51. The van der Waals surface area contributed by atoms with Crippen LogP contribution in [-0.2, 0) is 0 Å². The van der Waals surface area contributed by atoms with Crippen molar-refractivity contribution in [2.75, 3.05) is 6.26 Å². The van der Waals surface area contributed by atoms with Crippen LogP contribution in [0, 0.1) is 0 Å². The first kappa shape index (κ1) is 14.0. The van der Waals surface area contributed by atoms with E-state index in [1.165, 1.54) is 11.8 Å². The zero-order chi connectivity index (χ0) is 15.3. The van der Waals surface area contributed by atoms with Gasteiger partial charge in [-0.15, -0.1) is 0 Å². The molecule has 0 bridgehead atoms. The summed E-state index contributed by atoms with van der Waals surface area (Å²) in [6.45, 7) is 1.89. The molecule has 1 aliphatic carbocycles. The maximum absolute atomic E-state index is 10.6. The highest BCUT2D eigenvalue weighted by atomic mass is 32.2. The lowest BCUT2D eigenvalue weighted by Gasteiger charge is -2.23. The Labute approximate surface area is 132 Å². The van der Waals surface area contributed by atoms with E-state index in [2.05, 4.69) is 15.1 Å². The van der Waals surface area contributed by atoms with Gasteiger partial charge in [-0.1, -0.05) is 16.9 Å². The standard InChI is InChI=1S/C16H17N3O2S/c1-16(20)7-3-4-10(16)14-12-11(21-19-14)6-5-9-8-17-15(22-2)18-13(9)12/h5-6,8,10,20H,3-4,7H2,1-2H3/t10-,16+/m0/s1. The van der Waals surface area contributed by atoms with Gasteiger partial charge in [0, 0.05) is 17.5 Å². The van der Waals surface area contributed by atoms with Crippen LogP contribution in [0.2, 0.25) is 0 Å². The molecule has 0 saturated heterocycles. The van der Waals surface area contributed by atoms with Crippen LogP contribution in [0.25, 0.3) is 21.9 Å². The second-order valence-corrected chi connectivity index (χ2v) is 6.88. The van der Waals surface area contributed by atoms with Crippen molar-refractivity contribution >= 4 is 33.6 Å². The van der Waals surface area contributed by atoms with Crippen molar-refractivity contribution in [1.29, 1.82) is 0 Å². The van der Waals surface area contributed by atoms with E-state index in [4.69, 9.17) is 4.52 Å². The van der Waals surface area contributed by atoms with Crippen LogP contribution in [-0.4, -0.2) is 32.1 Å².